The highest BCUT2D eigenvalue weighted by Gasteiger charge is 2.23. The van der Waals surface area contributed by atoms with Gasteiger partial charge in [0.15, 0.2) is 11.6 Å². The average Bonchev–Trinajstić information content (AvgIpc) is 2.92. The molecule has 3 aromatic rings. The number of benzene rings is 2. The fraction of sp³-hybridized carbons (Fsp3) is 0.321. The van der Waals surface area contributed by atoms with Crippen LogP contribution < -0.4 is 30.3 Å². The number of anilines is 3. The molecule has 3 N–H and O–H groups in total. The molecule has 0 bridgehead atoms. The predicted octanol–water partition coefficient (Wildman–Crippen LogP) is 3.32. The number of nitrogens with one attached hydrogen (secondary N) is 3. The van der Waals surface area contributed by atoms with Crippen LogP contribution in [0.2, 0.25) is 0 Å². The van der Waals surface area contributed by atoms with Crippen LogP contribution in [0.25, 0.3) is 0 Å². The third-order valence-electron chi connectivity index (χ3n) is 6.08. The maximum Gasteiger partial charge on any atom is 0.251 e. The summed E-state index contributed by atoms with van der Waals surface area (Å²) in [5.41, 5.74) is 2.57. The van der Waals surface area contributed by atoms with E-state index in [9.17, 15) is 9.18 Å². The van der Waals surface area contributed by atoms with Gasteiger partial charge in [-0.05, 0) is 38.1 Å². The summed E-state index contributed by atoms with van der Waals surface area (Å²) in [5, 5.41) is 9.22. The lowest BCUT2D eigenvalue weighted by molar-refractivity contribution is 0.0962. The summed E-state index contributed by atoms with van der Waals surface area (Å²) in [7, 11) is 4.48. The SMILES string of the molecule is CNC(=O)c1cc(C#Cc2cnc(Nc3ccc(N4C[C@@H](C)N[C@@H](C)C4)c(OC)c3)nc2)c(F)c(OC)c1. The number of piperazine rings is 1. The fourth-order valence-corrected chi connectivity index (χ4v) is 4.38. The van der Waals surface area contributed by atoms with Gasteiger partial charge in [0.1, 0.15) is 5.75 Å². The minimum absolute atomic E-state index is 0.0330. The van der Waals surface area contributed by atoms with E-state index in [0.717, 1.165) is 30.2 Å². The van der Waals surface area contributed by atoms with Crippen LogP contribution in [0.15, 0.2) is 42.7 Å². The lowest BCUT2D eigenvalue weighted by Gasteiger charge is -2.38. The molecule has 38 heavy (non-hydrogen) atoms. The Balaban J connectivity index is 1.50. The first-order valence-electron chi connectivity index (χ1n) is 12.2. The molecule has 9 nitrogen and oxygen atoms in total. The van der Waals surface area contributed by atoms with Crippen molar-refractivity contribution in [3.05, 3.63) is 65.2 Å². The van der Waals surface area contributed by atoms with Crippen molar-refractivity contribution in [3.8, 4) is 23.3 Å². The van der Waals surface area contributed by atoms with Crippen LogP contribution in [-0.4, -0.2) is 62.3 Å². The molecule has 1 aromatic heterocycles. The molecule has 2 atom stereocenters. The second-order valence-corrected chi connectivity index (χ2v) is 9.05. The second kappa shape index (κ2) is 11.8. The van der Waals surface area contributed by atoms with Gasteiger partial charge in [0.05, 0.1) is 31.0 Å². The van der Waals surface area contributed by atoms with E-state index in [2.05, 4.69) is 56.5 Å². The van der Waals surface area contributed by atoms with E-state index in [1.807, 2.05) is 18.2 Å². The quantitative estimate of drug-likeness (QED) is 0.428. The predicted molar refractivity (Wildman–Crippen MR) is 145 cm³/mol. The summed E-state index contributed by atoms with van der Waals surface area (Å²) >= 11 is 0. The first kappa shape index (κ1) is 26.7. The van der Waals surface area contributed by atoms with Gasteiger partial charge in [-0.15, -0.1) is 0 Å². The zero-order chi connectivity index (χ0) is 27.2. The van der Waals surface area contributed by atoms with E-state index >= 15 is 0 Å². The highest BCUT2D eigenvalue weighted by atomic mass is 19.1. The Morgan fingerprint density at radius 1 is 1.05 bits per heavy atom. The number of hydrogen-bond donors (Lipinski definition) is 3. The number of ether oxygens (including phenoxy) is 2. The van der Waals surface area contributed by atoms with E-state index in [-0.39, 0.29) is 22.8 Å². The molecule has 2 heterocycles. The molecule has 0 unspecified atom stereocenters. The highest BCUT2D eigenvalue weighted by molar-refractivity contribution is 5.94. The Kier molecular flexibility index (Phi) is 8.28. The van der Waals surface area contributed by atoms with Crippen molar-refractivity contribution < 1.29 is 18.7 Å². The molecule has 0 radical (unpaired) electrons. The number of hydrogen-bond acceptors (Lipinski definition) is 8. The summed E-state index contributed by atoms with van der Waals surface area (Å²) in [6.45, 7) is 6.13. The smallest absolute Gasteiger partial charge is 0.251 e. The van der Waals surface area contributed by atoms with Gasteiger partial charge in [-0.1, -0.05) is 11.8 Å². The number of carbonyl (C=O) groups excluding carboxylic acids is 1. The summed E-state index contributed by atoms with van der Waals surface area (Å²) in [5.74, 6) is 5.64. The van der Waals surface area contributed by atoms with E-state index < -0.39 is 5.82 Å². The van der Waals surface area contributed by atoms with Gasteiger partial charge in [0.2, 0.25) is 5.95 Å². The topological polar surface area (TPSA) is 101 Å². The molecule has 198 valence electrons. The van der Waals surface area contributed by atoms with Crippen LogP contribution in [0.4, 0.5) is 21.7 Å². The molecular formula is C28H31FN6O3. The summed E-state index contributed by atoms with van der Waals surface area (Å²) in [6, 6.07) is 9.38. The molecule has 1 fully saturated rings. The zero-order valence-corrected chi connectivity index (χ0v) is 22.1. The van der Waals surface area contributed by atoms with Crippen LogP contribution >= 0.6 is 0 Å². The molecule has 0 saturated carbocycles. The lowest BCUT2D eigenvalue weighted by atomic mass is 10.1. The number of halogens is 1. The van der Waals surface area contributed by atoms with E-state index in [1.54, 1.807) is 7.11 Å². The molecule has 4 rings (SSSR count). The van der Waals surface area contributed by atoms with Crippen molar-refractivity contribution in [1.29, 1.82) is 0 Å². The van der Waals surface area contributed by atoms with Gasteiger partial charge in [0.25, 0.3) is 5.91 Å². The Labute approximate surface area is 221 Å². The Morgan fingerprint density at radius 2 is 1.74 bits per heavy atom. The number of methoxy groups -OCH3 is 2. The third-order valence-corrected chi connectivity index (χ3v) is 6.08. The van der Waals surface area contributed by atoms with E-state index in [1.165, 1.54) is 38.7 Å². The van der Waals surface area contributed by atoms with Crippen molar-refractivity contribution in [2.24, 2.45) is 0 Å². The van der Waals surface area contributed by atoms with Gasteiger partial charge in [-0.2, -0.15) is 0 Å². The van der Waals surface area contributed by atoms with Crippen molar-refractivity contribution >= 4 is 23.2 Å². The fourth-order valence-electron chi connectivity index (χ4n) is 4.38. The number of nitrogens with zero attached hydrogens (tertiary/aromatic N) is 3. The molecule has 1 aliphatic rings. The number of aromatic nitrogens is 2. The maximum absolute atomic E-state index is 14.7. The molecule has 1 amide bonds. The average molecular weight is 519 g/mol. The van der Waals surface area contributed by atoms with Crippen molar-refractivity contribution in [3.63, 3.8) is 0 Å². The lowest BCUT2D eigenvalue weighted by Crippen LogP contribution is -2.54. The number of carbonyl (C=O) groups is 1. The standard InChI is InChI=1S/C28H31FN6O3/c1-17-15-35(16-18(2)33-17)23-9-8-22(12-24(23)37-4)34-28-31-13-19(14-32-28)6-7-20-10-21(27(36)30-3)11-25(38-5)26(20)29/h8-14,17-18,33H,15-16H2,1-5H3,(H,30,36)(H,31,32,34)/t17-,18+. The van der Waals surface area contributed by atoms with Gasteiger partial charge in [-0.25, -0.2) is 14.4 Å². The molecule has 10 heteroatoms. The summed E-state index contributed by atoms with van der Waals surface area (Å²) < 4.78 is 25.4. The molecule has 0 aliphatic carbocycles. The minimum atomic E-state index is -0.644. The maximum atomic E-state index is 14.7. The van der Waals surface area contributed by atoms with Gasteiger partial charge in [-0.3, -0.25) is 4.79 Å². The normalized spacial score (nSPS) is 16.7. The van der Waals surface area contributed by atoms with Gasteiger partial charge >= 0.3 is 0 Å². The van der Waals surface area contributed by atoms with Crippen molar-refractivity contribution in [2.75, 3.05) is 44.6 Å². The first-order valence-corrected chi connectivity index (χ1v) is 12.2. The second-order valence-electron chi connectivity index (χ2n) is 9.05. The minimum Gasteiger partial charge on any atom is -0.495 e. The van der Waals surface area contributed by atoms with Crippen molar-refractivity contribution in [2.45, 2.75) is 25.9 Å². The molecule has 1 aliphatic heterocycles. The molecule has 2 aromatic carbocycles. The zero-order valence-electron chi connectivity index (χ0n) is 22.1. The molecule has 0 spiro atoms. The largest absolute Gasteiger partial charge is 0.495 e. The third kappa shape index (κ3) is 6.12. The Hall–Kier alpha value is -4.36. The molecular weight excluding hydrogens is 487 g/mol. The van der Waals surface area contributed by atoms with Crippen LogP contribution in [-0.2, 0) is 0 Å². The van der Waals surface area contributed by atoms with Gasteiger partial charge in [0, 0.05) is 61.9 Å². The van der Waals surface area contributed by atoms with Crippen LogP contribution in [0.5, 0.6) is 11.5 Å². The summed E-state index contributed by atoms with van der Waals surface area (Å²) in [6.07, 6.45) is 3.07. The first-order chi connectivity index (χ1) is 18.3. The van der Waals surface area contributed by atoms with E-state index in [0.29, 0.717) is 23.6 Å². The number of amides is 1. The monoisotopic (exact) mass is 518 g/mol. The van der Waals surface area contributed by atoms with Crippen LogP contribution in [0, 0.1) is 17.7 Å². The highest BCUT2D eigenvalue weighted by Crippen LogP contribution is 2.33. The van der Waals surface area contributed by atoms with Crippen LogP contribution in [0.3, 0.4) is 0 Å². The Morgan fingerprint density at radius 3 is 2.37 bits per heavy atom. The van der Waals surface area contributed by atoms with Crippen LogP contribution in [0.1, 0.15) is 35.3 Å². The van der Waals surface area contributed by atoms with Crippen molar-refractivity contribution in [1.82, 2.24) is 20.6 Å². The molecule has 1 saturated heterocycles. The van der Waals surface area contributed by atoms with Gasteiger partial charge < -0.3 is 30.3 Å². The summed E-state index contributed by atoms with van der Waals surface area (Å²) in [4.78, 5) is 23.0. The Bertz CT molecular complexity index is 1360. The van der Waals surface area contributed by atoms with E-state index in [4.69, 9.17) is 9.47 Å². The number of rotatable bonds is 6.